The molecule has 0 spiro atoms. The molecule has 0 aliphatic heterocycles. The van der Waals surface area contributed by atoms with E-state index in [9.17, 15) is 4.79 Å². The first-order valence-electron chi connectivity index (χ1n) is 5.26. The van der Waals surface area contributed by atoms with Gasteiger partial charge < -0.3 is 0 Å². The van der Waals surface area contributed by atoms with Crippen LogP contribution < -0.4 is 0 Å². The minimum Gasteiger partial charge on any atom is -0.294 e. The monoisotopic (exact) mass is 231 g/mol. The molecule has 0 amide bonds. The summed E-state index contributed by atoms with van der Waals surface area (Å²) in [7, 11) is 1.67. The molecule has 2 aromatic heterocycles. The number of pyridine rings is 1. The summed E-state index contributed by atoms with van der Waals surface area (Å²) in [5.74, 6) is 0.413. The van der Waals surface area contributed by atoms with Gasteiger partial charge in [0.05, 0.1) is 13.5 Å². The van der Waals surface area contributed by atoms with E-state index in [4.69, 9.17) is 0 Å². The second kappa shape index (κ2) is 4.40. The Kier molecular flexibility index (Phi) is 2.95. The Morgan fingerprint density at radius 1 is 1.29 bits per heavy atom. The largest absolute Gasteiger partial charge is 0.294 e. The molecule has 0 aliphatic carbocycles. The van der Waals surface area contributed by atoms with E-state index in [0.717, 1.165) is 11.4 Å². The van der Waals surface area contributed by atoms with Crippen molar-refractivity contribution in [1.29, 1.82) is 0 Å². The van der Waals surface area contributed by atoms with E-state index in [2.05, 4.69) is 20.4 Å². The van der Waals surface area contributed by atoms with Gasteiger partial charge in [-0.3, -0.25) is 9.78 Å². The van der Waals surface area contributed by atoms with Crippen LogP contribution in [0.1, 0.15) is 27.6 Å². The van der Waals surface area contributed by atoms with Crippen molar-refractivity contribution in [1.82, 2.24) is 25.2 Å². The zero-order valence-corrected chi connectivity index (χ0v) is 10.0. The summed E-state index contributed by atoms with van der Waals surface area (Å²) in [6, 6.07) is 3.54. The van der Waals surface area contributed by atoms with Crippen molar-refractivity contribution in [3.63, 3.8) is 0 Å². The van der Waals surface area contributed by atoms with Gasteiger partial charge in [-0.05, 0) is 31.2 Å². The third-order valence-electron chi connectivity index (χ3n) is 2.27. The summed E-state index contributed by atoms with van der Waals surface area (Å²) in [6.45, 7) is 3.73. The van der Waals surface area contributed by atoms with Crippen LogP contribution in [-0.2, 0) is 13.5 Å². The molecule has 6 nitrogen and oxygen atoms in total. The van der Waals surface area contributed by atoms with Crippen molar-refractivity contribution < 1.29 is 4.79 Å². The third kappa shape index (κ3) is 2.72. The number of aryl methyl sites for hydroxylation is 3. The van der Waals surface area contributed by atoms with E-state index in [-0.39, 0.29) is 12.2 Å². The smallest absolute Gasteiger partial charge is 0.182 e. The average molecular weight is 231 g/mol. The highest BCUT2D eigenvalue weighted by Gasteiger charge is 2.11. The normalized spacial score (nSPS) is 10.5. The molecule has 0 saturated heterocycles. The number of carbonyl (C=O) groups is 1. The lowest BCUT2D eigenvalue weighted by Crippen LogP contribution is -2.07. The van der Waals surface area contributed by atoms with Gasteiger partial charge in [-0.15, -0.1) is 10.2 Å². The van der Waals surface area contributed by atoms with E-state index in [1.165, 1.54) is 4.80 Å². The number of nitrogens with zero attached hydrogens (tertiary/aromatic N) is 5. The molecule has 2 heterocycles. The first-order chi connectivity index (χ1) is 8.04. The topological polar surface area (TPSA) is 73.6 Å². The number of Topliss-reactive ketones (excluding diaryl/α,β-unsaturated/α-hetero) is 1. The Hall–Kier alpha value is -2.11. The maximum atomic E-state index is 12.0. The maximum Gasteiger partial charge on any atom is 0.182 e. The quantitative estimate of drug-likeness (QED) is 0.725. The molecular formula is C11H13N5O. The van der Waals surface area contributed by atoms with Gasteiger partial charge in [-0.25, -0.2) is 0 Å². The van der Waals surface area contributed by atoms with Crippen LogP contribution >= 0.6 is 0 Å². The highest BCUT2D eigenvalue weighted by atomic mass is 16.1. The summed E-state index contributed by atoms with van der Waals surface area (Å²) < 4.78 is 0. The summed E-state index contributed by atoms with van der Waals surface area (Å²) in [4.78, 5) is 17.5. The number of tetrazole rings is 1. The van der Waals surface area contributed by atoms with E-state index in [1.54, 1.807) is 19.2 Å². The predicted molar refractivity (Wildman–Crippen MR) is 60.5 cm³/mol. The predicted octanol–water partition coefficient (Wildman–Crippen LogP) is 0.647. The van der Waals surface area contributed by atoms with Crippen LogP contribution in [0.5, 0.6) is 0 Å². The summed E-state index contributed by atoms with van der Waals surface area (Å²) in [5, 5.41) is 11.5. The van der Waals surface area contributed by atoms with Crippen LogP contribution in [0.3, 0.4) is 0 Å². The van der Waals surface area contributed by atoms with Gasteiger partial charge in [-0.2, -0.15) is 4.80 Å². The fourth-order valence-electron chi connectivity index (χ4n) is 1.64. The molecule has 2 rings (SSSR count). The fourth-order valence-corrected chi connectivity index (χ4v) is 1.64. The first-order valence-corrected chi connectivity index (χ1v) is 5.26. The van der Waals surface area contributed by atoms with Crippen molar-refractivity contribution in [2.24, 2.45) is 7.05 Å². The molecule has 2 aromatic rings. The highest BCUT2D eigenvalue weighted by Crippen LogP contribution is 2.08. The summed E-state index contributed by atoms with van der Waals surface area (Å²) >= 11 is 0. The third-order valence-corrected chi connectivity index (χ3v) is 2.27. The molecule has 6 heteroatoms. The molecule has 0 aromatic carbocycles. The van der Waals surface area contributed by atoms with Crippen LogP contribution in [-0.4, -0.2) is 31.0 Å². The van der Waals surface area contributed by atoms with Crippen molar-refractivity contribution in [3.8, 4) is 0 Å². The molecule has 0 N–H and O–H groups in total. The van der Waals surface area contributed by atoms with Crippen molar-refractivity contribution >= 4 is 5.78 Å². The van der Waals surface area contributed by atoms with E-state index in [0.29, 0.717) is 11.4 Å². The number of ketones is 1. The van der Waals surface area contributed by atoms with Crippen LogP contribution in [0.15, 0.2) is 12.1 Å². The Morgan fingerprint density at radius 3 is 2.47 bits per heavy atom. The van der Waals surface area contributed by atoms with Gasteiger partial charge in [-0.1, -0.05) is 0 Å². The molecule has 0 aliphatic rings. The van der Waals surface area contributed by atoms with E-state index in [1.807, 2.05) is 13.8 Å². The Labute approximate surface area is 98.7 Å². The second-order valence-corrected chi connectivity index (χ2v) is 3.93. The van der Waals surface area contributed by atoms with Gasteiger partial charge in [0.2, 0.25) is 0 Å². The molecule has 88 valence electrons. The van der Waals surface area contributed by atoms with Crippen LogP contribution in [0.25, 0.3) is 0 Å². The van der Waals surface area contributed by atoms with Gasteiger partial charge in [0.15, 0.2) is 11.6 Å². The first kappa shape index (κ1) is 11.4. The molecule has 0 radical (unpaired) electrons. The lowest BCUT2D eigenvalue weighted by Gasteiger charge is -2.01. The highest BCUT2D eigenvalue weighted by molar-refractivity contribution is 5.97. The Morgan fingerprint density at radius 2 is 1.94 bits per heavy atom. The molecule has 17 heavy (non-hydrogen) atoms. The van der Waals surface area contributed by atoms with Gasteiger partial charge in [0.25, 0.3) is 0 Å². The van der Waals surface area contributed by atoms with E-state index >= 15 is 0 Å². The minimum absolute atomic E-state index is 0.0217. The Bertz CT molecular complexity index is 540. The number of carbonyl (C=O) groups excluding carboxylic acids is 1. The summed E-state index contributed by atoms with van der Waals surface area (Å²) in [5.41, 5.74) is 2.31. The number of hydrogen-bond acceptors (Lipinski definition) is 5. The maximum absolute atomic E-state index is 12.0. The molecule has 0 saturated carbocycles. The lowest BCUT2D eigenvalue weighted by molar-refractivity contribution is 0.0990. The lowest BCUT2D eigenvalue weighted by atomic mass is 10.1. The van der Waals surface area contributed by atoms with Crippen molar-refractivity contribution in [3.05, 3.63) is 34.9 Å². The van der Waals surface area contributed by atoms with Crippen LogP contribution in [0.4, 0.5) is 0 Å². The summed E-state index contributed by atoms with van der Waals surface area (Å²) in [6.07, 6.45) is 0.163. The van der Waals surface area contributed by atoms with E-state index < -0.39 is 0 Å². The van der Waals surface area contributed by atoms with Crippen LogP contribution in [0.2, 0.25) is 0 Å². The van der Waals surface area contributed by atoms with Gasteiger partial charge in [0.1, 0.15) is 0 Å². The molecule has 0 fully saturated rings. The fraction of sp³-hybridized carbons (Fsp3) is 0.364. The Balaban J connectivity index is 2.19. The number of aromatic nitrogens is 5. The van der Waals surface area contributed by atoms with Gasteiger partial charge in [0, 0.05) is 17.0 Å². The zero-order chi connectivity index (χ0) is 12.4. The van der Waals surface area contributed by atoms with Crippen LogP contribution in [0, 0.1) is 13.8 Å². The number of hydrogen-bond donors (Lipinski definition) is 0. The molecular weight excluding hydrogens is 218 g/mol. The number of rotatable bonds is 3. The molecule has 0 atom stereocenters. The SMILES string of the molecule is Cc1cc(C(=O)Cc2nnn(C)n2)cc(C)n1. The molecule has 0 unspecified atom stereocenters. The van der Waals surface area contributed by atoms with Gasteiger partial charge >= 0.3 is 0 Å². The average Bonchev–Trinajstić information content (AvgIpc) is 2.62. The van der Waals surface area contributed by atoms with Crippen molar-refractivity contribution in [2.45, 2.75) is 20.3 Å². The minimum atomic E-state index is -0.0217. The van der Waals surface area contributed by atoms with Crippen molar-refractivity contribution in [2.75, 3.05) is 0 Å². The second-order valence-electron chi connectivity index (χ2n) is 3.93. The standard InChI is InChI=1S/C11H13N5O/c1-7-4-9(5-8(2)12-7)10(17)6-11-13-15-16(3)14-11/h4-5H,6H2,1-3H3. The zero-order valence-electron chi connectivity index (χ0n) is 10.0. The molecule has 0 bridgehead atoms.